The molecule has 6 N–H and O–H groups in total. The van der Waals surface area contributed by atoms with Crippen molar-refractivity contribution in [3.05, 3.63) is 59.7 Å². The van der Waals surface area contributed by atoms with Gasteiger partial charge < -0.3 is 49.6 Å². The van der Waals surface area contributed by atoms with Gasteiger partial charge in [-0.25, -0.2) is 4.79 Å². The smallest absolute Gasteiger partial charge is 0.342 e. The molecule has 1 fully saturated rings. The fourth-order valence-corrected chi connectivity index (χ4v) is 3.89. The van der Waals surface area contributed by atoms with Gasteiger partial charge in [0.25, 0.3) is 0 Å². The van der Waals surface area contributed by atoms with Gasteiger partial charge in [-0.05, 0) is 42.3 Å². The number of ether oxygens (including phenoxy) is 4. The molecule has 1 heterocycles. The molecule has 7 atom stereocenters. The van der Waals surface area contributed by atoms with Crippen LogP contribution < -0.4 is 4.74 Å². The SMILES string of the molecule is CC(=O)O[C@H](C)[C@@](O)(Cc1ccc(O)cc1)C(=O)OCc1ccc(O[C@H]2O[C@@H](CO)[C@H](O)[C@@H](O)[C@@H]2O)cc1. The van der Waals surface area contributed by atoms with Crippen LogP contribution in [0, 0.1) is 0 Å². The summed E-state index contributed by atoms with van der Waals surface area (Å²) in [6.45, 7) is 1.68. The summed E-state index contributed by atoms with van der Waals surface area (Å²) in [4.78, 5) is 24.4. The van der Waals surface area contributed by atoms with Crippen molar-refractivity contribution in [1.82, 2.24) is 0 Å². The van der Waals surface area contributed by atoms with Crippen LogP contribution in [0.3, 0.4) is 0 Å². The lowest BCUT2D eigenvalue weighted by molar-refractivity contribution is -0.277. The highest BCUT2D eigenvalue weighted by Gasteiger charge is 2.46. The van der Waals surface area contributed by atoms with Crippen molar-refractivity contribution in [2.24, 2.45) is 0 Å². The van der Waals surface area contributed by atoms with Gasteiger partial charge in [0, 0.05) is 13.3 Å². The summed E-state index contributed by atoms with van der Waals surface area (Å²) in [5.41, 5.74) is -1.21. The zero-order valence-corrected chi connectivity index (χ0v) is 20.8. The predicted octanol–water partition coefficient (Wildman–Crippen LogP) is -0.460. The van der Waals surface area contributed by atoms with E-state index >= 15 is 0 Å². The Labute approximate surface area is 218 Å². The number of rotatable bonds is 10. The van der Waals surface area contributed by atoms with Crippen molar-refractivity contribution >= 4 is 11.9 Å². The maximum Gasteiger partial charge on any atom is 0.342 e. The highest BCUT2D eigenvalue weighted by Crippen LogP contribution is 2.26. The van der Waals surface area contributed by atoms with E-state index in [1.54, 1.807) is 12.1 Å². The van der Waals surface area contributed by atoms with Crippen molar-refractivity contribution in [2.45, 2.75) is 69.3 Å². The predicted molar refractivity (Wildman–Crippen MR) is 129 cm³/mol. The van der Waals surface area contributed by atoms with E-state index in [9.17, 15) is 40.2 Å². The molecule has 0 saturated carbocycles. The molecular formula is C26H32O12. The largest absolute Gasteiger partial charge is 0.508 e. The molecule has 1 saturated heterocycles. The molecule has 12 nitrogen and oxygen atoms in total. The van der Waals surface area contributed by atoms with Crippen LogP contribution in [-0.4, -0.2) is 91.6 Å². The van der Waals surface area contributed by atoms with Crippen LogP contribution >= 0.6 is 0 Å². The van der Waals surface area contributed by atoms with E-state index in [-0.39, 0.29) is 24.5 Å². The minimum absolute atomic E-state index is 0.00636. The Morgan fingerprint density at radius 3 is 2.16 bits per heavy atom. The van der Waals surface area contributed by atoms with Gasteiger partial charge in [-0.2, -0.15) is 0 Å². The summed E-state index contributed by atoms with van der Waals surface area (Å²) in [7, 11) is 0. The van der Waals surface area contributed by atoms with Gasteiger partial charge in [0.1, 0.15) is 48.6 Å². The Morgan fingerprint density at radius 1 is 0.974 bits per heavy atom. The highest BCUT2D eigenvalue weighted by molar-refractivity contribution is 5.81. The lowest BCUT2D eigenvalue weighted by Gasteiger charge is -2.39. The summed E-state index contributed by atoms with van der Waals surface area (Å²) in [5.74, 6) is -1.49. The van der Waals surface area contributed by atoms with Gasteiger partial charge >= 0.3 is 11.9 Å². The van der Waals surface area contributed by atoms with Crippen molar-refractivity contribution in [3.63, 3.8) is 0 Å². The second kappa shape index (κ2) is 12.5. The molecule has 12 heteroatoms. The minimum Gasteiger partial charge on any atom is -0.508 e. The van der Waals surface area contributed by atoms with Crippen LogP contribution in [0.4, 0.5) is 0 Å². The van der Waals surface area contributed by atoms with Gasteiger partial charge in [0.2, 0.25) is 11.9 Å². The Morgan fingerprint density at radius 2 is 1.58 bits per heavy atom. The first-order valence-corrected chi connectivity index (χ1v) is 11.9. The molecule has 1 aliphatic heterocycles. The molecule has 0 unspecified atom stereocenters. The van der Waals surface area contributed by atoms with E-state index in [1.807, 2.05) is 0 Å². The van der Waals surface area contributed by atoms with Crippen molar-refractivity contribution < 1.29 is 59.2 Å². The standard InChI is InChI=1S/C26H32O12/c1-14(36-15(2)28)26(34,11-16-3-7-18(29)8-4-16)25(33)35-13-17-5-9-19(10-6-17)37-24-23(32)22(31)21(30)20(12-27)38-24/h3-10,14,20-24,27,29-32,34H,11-13H2,1-2H3/t14-,20+,21+,22-,23+,24+,26+/m1/s1. The maximum absolute atomic E-state index is 13.0. The molecule has 38 heavy (non-hydrogen) atoms. The number of esters is 2. The normalized spacial score (nSPS) is 25.6. The van der Waals surface area contributed by atoms with Gasteiger partial charge in [-0.15, -0.1) is 0 Å². The van der Waals surface area contributed by atoms with Crippen molar-refractivity contribution in [3.8, 4) is 11.5 Å². The number of aromatic hydroxyl groups is 1. The van der Waals surface area contributed by atoms with E-state index in [0.717, 1.165) is 6.92 Å². The number of hydrogen-bond donors (Lipinski definition) is 6. The summed E-state index contributed by atoms with van der Waals surface area (Å²) in [5, 5.41) is 59.9. The summed E-state index contributed by atoms with van der Waals surface area (Å²) < 4.78 is 21.2. The molecule has 2 aromatic rings. The van der Waals surface area contributed by atoms with Crippen LogP contribution in [0.25, 0.3) is 0 Å². The third kappa shape index (κ3) is 6.98. The van der Waals surface area contributed by atoms with Crippen LogP contribution in [-0.2, 0) is 36.8 Å². The number of phenolic OH excluding ortho intramolecular Hbond substituents is 1. The number of phenols is 1. The number of aliphatic hydroxyl groups is 5. The summed E-state index contributed by atoms with van der Waals surface area (Å²) in [6, 6.07) is 11.9. The molecule has 0 radical (unpaired) electrons. The molecule has 0 bridgehead atoms. The molecule has 1 aliphatic rings. The molecule has 3 rings (SSSR count). The average molecular weight is 537 g/mol. The van der Waals surface area contributed by atoms with Crippen LogP contribution in [0.1, 0.15) is 25.0 Å². The van der Waals surface area contributed by atoms with Gasteiger partial charge in [-0.3, -0.25) is 4.79 Å². The first-order chi connectivity index (χ1) is 17.9. The fraction of sp³-hybridized carbons (Fsp3) is 0.462. The topological polar surface area (TPSA) is 192 Å². The average Bonchev–Trinajstić information content (AvgIpc) is 2.89. The van der Waals surface area contributed by atoms with Gasteiger partial charge in [0.15, 0.2) is 0 Å². The number of carbonyl (C=O) groups is 2. The lowest BCUT2D eigenvalue weighted by Crippen LogP contribution is -2.60. The molecule has 2 aromatic carbocycles. The molecule has 0 aromatic heterocycles. The maximum atomic E-state index is 13.0. The summed E-state index contributed by atoms with van der Waals surface area (Å²) in [6.07, 6.45) is -8.62. The van der Waals surface area contributed by atoms with E-state index in [0.29, 0.717) is 11.1 Å². The molecule has 208 valence electrons. The lowest BCUT2D eigenvalue weighted by atomic mass is 9.89. The van der Waals surface area contributed by atoms with Crippen LogP contribution in [0.15, 0.2) is 48.5 Å². The molecule has 0 spiro atoms. The van der Waals surface area contributed by atoms with E-state index in [1.165, 1.54) is 43.3 Å². The number of hydrogen-bond acceptors (Lipinski definition) is 12. The number of benzene rings is 2. The zero-order valence-electron chi connectivity index (χ0n) is 20.8. The highest BCUT2D eigenvalue weighted by atomic mass is 16.7. The second-order valence-corrected chi connectivity index (χ2v) is 9.05. The van der Waals surface area contributed by atoms with Crippen LogP contribution in [0.5, 0.6) is 11.5 Å². The minimum atomic E-state index is -2.21. The quantitative estimate of drug-likeness (QED) is 0.214. The number of carbonyl (C=O) groups excluding carboxylic acids is 2. The first-order valence-electron chi connectivity index (χ1n) is 11.9. The number of aliphatic hydroxyl groups excluding tert-OH is 4. The third-order valence-corrected chi connectivity index (χ3v) is 6.17. The van der Waals surface area contributed by atoms with Crippen molar-refractivity contribution in [2.75, 3.05) is 6.61 Å². The Kier molecular flexibility index (Phi) is 9.66. The zero-order chi connectivity index (χ0) is 28.0. The van der Waals surface area contributed by atoms with Gasteiger partial charge in [0.05, 0.1) is 6.61 Å². The van der Waals surface area contributed by atoms with E-state index in [4.69, 9.17) is 18.9 Å². The molecule has 0 aliphatic carbocycles. The van der Waals surface area contributed by atoms with Crippen LogP contribution in [0.2, 0.25) is 0 Å². The Hall–Kier alpha value is -3.26. The Balaban J connectivity index is 1.65. The van der Waals surface area contributed by atoms with Crippen molar-refractivity contribution in [1.29, 1.82) is 0 Å². The molecular weight excluding hydrogens is 504 g/mol. The second-order valence-electron chi connectivity index (χ2n) is 9.05. The fourth-order valence-electron chi connectivity index (χ4n) is 3.89. The summed E-state index contributed by atoms with van der Waals surface area (Å²) >= 11 is 0. The van der Waals surface area contributed by atoms with E-state index < -0.39 is 61.0 Å². The van der Waals surface area contributed by atoms with E-state index in [2.05, 4.69) is 0 Å². The third-order valence-electron chi connectivity index (χ3n) is 6.17. The monoisotopic (exact) mass is 536 g/mol. The Bertz CT molecular complexity index is 1070. The van der Waals surface area contributed by atoms with Gasteiger partial charge in [-0.1, -0.05) is 24.3 Å². The molecule has 0 amide bonds. The first kappa shape index (κ1) is 29.3.